The number of rotatable bonds is 10. The molecule has 0 saturated carbocycles. The van der Waals surface area contributed by atoms with Gasteiger partial charge in [-0.2, -0.15) is 0 Å². The Morgan fingerprint density at radius 3 is 2.47 bits per heavy atom. The van der Waals surface area contributed by atoms with Gasteiger partial charge in [0.05, 0.1) is 16.6 Å². The lowest BCUT2D eigenvalue weighted by atomic mass is 10.0. The van der Waals surface area contributed by atoms with Crippen molar-refractivity contribution in [2.45, 2.75) is 38.3 Å². The van der Waals surface area contributed by atoms with E-state index in [1.165, 1.54) is 18.2 Å². The van der Waals surface area contributed by atoms with Crippen molar-refractivity contribution in [3.63, 3.8) is 0 Å². The number of aromatic hydroxyl groups is 1. The van der Waals surface area contributed by atoms with Crippen molar-refractivity contribution in [3.8, 4) is 5.75 Å². The van der Waals surface area contributed by atoms with E-state index < -0.39 is 17.9 Å². The van der Waals surface area contributed by atoms with Crippen LogP contribution in [-0.4, -0.2) is 39.0 Å². The van der Waals surface area contributed by atoms with Crippen LogP contribution in [-0.2, 0) is 11.2 Å². The van der Waals surface area contributed by atoms with Crippen molar-refractivity contribution in [1.82, 2.24) is 15.6 Å². The van der Waals surface area contributed by atoms with E-state index in [-0.39, 0.29) is 40.3 Å². The first-order valence-electron chi connectivity index (χ1n) is 12.2. The van der Waals surface area contributed by atoms with Crippen molar-refractivity contribution in [1.29, 1.82) is 0 Å². The molecule has 0 aliphatic carbocycles. The zero-order chi connectivity index (χ0) is 27.2. The molecule has 4 rings (SSSR count). The second kappa shape index (κ2) is 11.8. The highest BCUT2D eigenvalue weighted by atomic mass is 35.5. The number of nitrogens with one attached hydrogen (secondary N) is 3. The molecule has 0 aliphatic heterocycles. The van der Waals surface area contributed by atoms with Crippen LogP contribution in [0.4, 0.5) is 0 Å². The second-order valence-electron chi connectivity index (χ2n) is 9.03. The first-order valence-corrected chi connectivity index (χ1v) is 12.6. The number of amides is 2. The van der Waals surface area contributed by atoms with Crippen molar-refractivity contribution in [2.24, 2.45) is 0 Å². The highest BCUT2D eigenvalue weighted by Crippen LogP contribution is 2.24. The van der Waals surface area contributed by atoms with Gasteiger partial charge in [0.25, 0.3) is 11.8 Å². The summed E-state index contributed by atoms with van der Waals surface area (Å²) in [7, 11) is 0. The molecule has 0 saturated heterocycles. The minimum Gasteiger partial charge on any atom is -0.508 e. The molecule has 0 aliphatic rings. The number of phenols is 1. The number of phenolic OH excluding ortho intramolecular Hbond substituents is 1. The van der Waals surface area contributed by atoms with Crippen molar-refractivity contribution in [2.75, 3.05) is 0 Å². The Labute approximate surface area is 224 Å². The van der Waals surface area contributed by atoms with E-state index in [0.29, 0.717) is 6.42 Å². The van der Waals surface area contributed by atoms with Crippen LogP contribution in [0.5, 0.6) is 5.75 Å². The third-order valence-corrected chi connectivity index (χ3v) is 6.65. The highest BCUT2D eigenvalue weighted by Gasteiger charge is 2.24. The molecule has 0 bridgehead atoms. The Balaban J connectivity index is 1.47. The number of carboxylic acids is 1. The first kappa shape index (κ1) is 26.8. The molecule has 0 fully saturated rings. The maximum atomic E-state index is 13.0. The summed E-state index contributed by atoms with van der Waals surface area (Å²) >= 11 is 6.36. The molecule has 1 aromatic heterocycles. The molecule has 5 N–H and O–H groups in total. The van der Waals surface area contributed by atoms with Gasteiger partial charge in [-0.1, -0.05) is 55.3 Å². The molecule has 9 heteroatoms. The van der Waals surface area contributed by atoms with Gasteiger partial charge >= 0.3 is 5.97 Å². The van der Waals surface area contributed by atoms with Gasteiger partial charge < -0.3 is 25.8 Å². The lowest BCUT2D eigenvalue weighted by molar-refractivity contribution is -0.139. The summed E-state index contributed by atoms with van der Waals surface area (Å²) in [5, 5.41) is 25.9. The van der Waals surface area contributed by atoms with Gasteiger partial charge in [0.1, 0.15) is 11.8 Å². The van der Waals surface area contributed by atoms with Crippen LogP contribution in [0.1, 0.15) is 57.7 Å². The Bertz CT molecular complexity index is 1480. The summed E-state index contributed by atoms with van der Waals surface area (Å²) in [5.41, 5.74) is 2.73. The number of carbonyl (C=O) groups excluding carboxylic acids is 2. The number of halogens is 1. The molecular weight excluding hydrogens is 506 g/mol. The molecule has 8 nitrogen and oxygen atoms in total. The quantitative estimate of drug-likeness (QED) is 0.190. The molecule has 1 heterocycles. The number of carboxylic acid groups (broad SMARTS) is 1. The minimum atomic E-state index is -1.18. The van der Waals surface area contributed by atoms with Crippen LogP contribution in [0.25, 0.3) is 10.9 Å². The summed E-state index contributed by atoms with van der Waals surface area (Å²) in [4.78, 5) is 40.9. The summed E-state index contributed by atoms with van der Waals surface area (Å²) in [6, 6.07) is 17.0. The molecule has 196 valence electrons. The van der Waals surface area contributed by atoms with Gasteiger partial charge in [-0.05, 0) is 53.9 Å². The molecule has 2 atom stereocenters. The van der Waals surface area contributed by atoms with Crippen LogP contribution >= 0.6 is 11.6 Å². The van der Waals surface area contributed by atoms with E-state index in [9.17, 15) is 24.6 Å². The molecule has 4 aromatic rings. The van der Waals surface area contributed by atoms with Crippen LogP contribution in [0.3, 0.4) is 0 Å². The van der Waals surface area contributed by atoms with Crippen LogP contribution < -0.4 is 10.6 Å². The maximum absolute atomic E-state index is 13.0. The van der Waals surface area contributed by atoms with Crippen molar-refractivity contribution in [3.05, 3.63) is 100 Å². The fourth-order valence-electron chi connectivity index (χ4n) is 4.39. The van der Waals surface area contributed by atoms with Gasteiger partial charge in [0.2, 0.25) is 0 Å². The number of hydrogen-bond donors (Lipinski definition) is 5. The third-order valence-electron chi connectivity index (χ3n) is 6.33. The predicted molar refractivity (Wildman–Crippen MR) is 146 cm³/mol. The molecule has 1 unspecified atom stereocenters. The Kier molecular flexibility index (Phi) is 8.33. The average Bonchev–Trinajstić information content (AvgIpc) is 3.30. The predicted octanol–water partition coefficient (Wildman–Crippen LogP) is 5.22. The normalized spacial score (nSPS) is 12.6. The number of para-hydroxylation sites is 1. The standard InChI is InChI=1S/C29H28ClN3O5/c1-2-6-24(17-7-5-8-20(34)13-17)32-27(35)18-11-12-22(23(30)14-18)28(36)33-26(29(37)38)15-19-16-31-25-10-4-3-9-21(19)25/h3-5,7-14,16,24,26,31,34H,2,6,15H2,1H3,(H,32,35)(H,33,36)(H,37,38)/t24?,26-/m0/s1. The summed E-state index contributed by atoms with van der Waals surface area (Å²) < 4.78 is 0. The minimum absolute atomic E-state index is 0.0239. The fraction of sp³-hybridized carbons (Fsp3) is 0.207. The molecule has 0 spiro atoms. The first-order chi connectivity index (χ1) is 18.3. The number of fused-ring (bicyclic) bond motifs is 1. The summed E-state index contributed by atoms with van der Waals surface area (Å²) in [6.07, 6.45) is 3.28. The van der Waals surface area contributed by atoms with E-state index in [4.69, 9.17) is 11.6 Å². The van der Waals surface area contributed by atoms with E-state index in [1.54, 1.807) is 24.4 Å². The summed E-state index contributed by atoms with van der Waals surface area (Å²) in [5.74, 6) is -2.11. The number of carbonyl (C=O) groups is 3. The van der Waals surface area contributed by atoms with Crippen molar-refractivity contribution >= 4 is 40.3 Å². The monoisotopic (exact) mass is 533 g/mol. The van der Waals surface area contributed by atoms with Crippen LogP contribution in [0, 0.1) is 0 Å². The highest BCUT2D eigenvalue weighted by molar-refractivity contribution is 6.34. The number of aromatic amines is 1. The zero-order valence-electron chi connectivity index (χ0n) is 20.7. The Morgan fingerprint density at radius 1 is 0.974 bits per heavy atom. The molecule has 0 radical (unpaired) electrons. The van der Waals surface area contributed by atoms with E-state index in [2.05, 4.69) is 15.6 Å². The SMILES string of the molecule is CCCC(NC(=O)c1ccc(C(=O)N[C@@H](Cc2c[nH]c3ccccc23)C(=O)O)c(Cl)c1)c1cccc(O)c1. The lowest BCUT2D eigenvalue weighted by Crippen LogP contribution is -2.42. The molecule has 38 heavy (non-hydrogen) atoms. The van der Waals surface area contributed by atoms with Gasteiger partial charge in [0.15, 0.2) is 0 Å². The number of hydrogen-bond acceptors (Lipinski definition) is 4. The number of aromatic nitrogens is 1. The number of H-pyrrole nitrogens is 1. The van der Waals surface area contributed by atoms with Crippen LogP contribution in [0.2, 0.25) is 5.02 Å². The molecule has 3 aromatic carbocycles. The fourth-order valence-corrected chi connectivity index (χ4v) is 4.66. The van der Waals surface area contributed by atoms with Gasteiger partial charge in [-0.25, -0.2) is 4.79 Å². The Morgan fingerprint density at radius 2 is 1.76 bits per heavy atom. The van der Waals surface area contributed by atoms with Crippen molar-refractivity contribution < 1.29 is 24.6 Å². The third kappa shape index (κ3) is 6.15. The number of benzene rings is 3. The second-order valence-corrected chi connectivity index (χ2v) is 9.44. The lowest BCUT2D eigenvalue weighted by Gasteiger charge is -2.19. The molecule has 2 amide bonds. The number of aliphatic carboxylic acids is 1. The van der Waals surface area contributed by atoms with E-state index in [1.807, 2.05) is 37.3 Å². The average molecular weight is 534 g/mol. The smallest absolute Gasteiger partial charge is 0.326 e. The van der Waals surface area contributed by atoms with E-state index in [0.717, 1.165) is 28.5 Å². The topological polar surface area (TPSA) is 132 Å². The largest absolute Gasteiger partial charge is 0.508 e. The van der Waals surface area contributed by atoms with E-state index >= 15 is 0 Å². The Hall–Kier alpha value is -4.30. The zero-order valence-corrected chi connectivity index (χ0v) is 21.5. The summed E-state index contributed by atoms with van der Waals surface area (Å²) in [6.45, 7) is 2.00. The van der Waals surface area contributed by atoms with Gasteiger partial charge in [-0.15, -0.1) is 0 Å². The van der Waals surface area contributed by atoms with Gasteiger partial charge in [0, 0.05) is 29.1 Å². The van der Waals surface area contributed by atoms with Gasteiger partial charge in [-0.3, -0.25) is 9.59 Å². The van der Waals surface area contributed by atoms with Crippen LogP contribution in [0.15, 0.2) is 72.9 Å². The molecular formula is C29H28ClN3O5. The maximum Gasteiger partial charge on any atom is 0.326 e.